The molecule has 0 aromatic carbocycles. The van der Waals surface area contributed by atoms with Crippen molar-refractivity contribution >= 4 is 18.1 Å². The second kappa shape index (κ2) is 7.36. The average Bonchev–Trinajstić information content (AvgIpc) is 2.24. The Labute approximate surface area is 105 Å². The van der Waals surface area contributed by atoms with Gasteiger partial charge in [0.25, 0.3) is 0 Å². The third kappa shape index (κ3) is 5.92. The molecule has 0 aliphatic carbocycles. The zero-order valence-corrected chi connectivity index (χ0v) is 10.5. The van der Waals surface area contributed by atoms with Crippen LogP contribution in [0.4, 0.5) is 9.59 Å². The summed E-state index contributed by atoms with van der Waals surface area (Å²) in [7, 11) is 0. The fraction of sp³-hybridized carbons (Fsp3) is 0.700. The summed E-state index contributed by atoms with van der Waals surface area (Å²) in [6.07, 6.45) is 0.0000663. The molecular weight excluding hydrogens is 242 g/mol. The number of carbonyl (C=O) groups excluding carboxylic acids is 2. The first kappa shape index (κ1) is 16.0. The predicted octanol–water partition coefficient (Wildman–Crippen LogP) is 0.0243. The smallest absolute Gasteiger partial charge is 0.404 e. The topological polar surface area (TPSA) is 131 Å². The zero-order valence-electron chi connectivity index (χ0n) is 10.5. The number of carboxylic acids is 1. The van der Waals surface area contributed by atoms with Gasteiger partial charge in [-0.3, -0.25) is 0 Å². The molecule has 0 aliphatic rings. The van der Waals surface area contributed by atoms with Gasteiger partial charge in [0, 0.05) is 0 Å². The molecule has 3 amide bonds. The minimum atomic E-state index is -1.32. The molecule has 18 heavy (non-hydrogen) atoms. The van der Waals surface area contributed by atoms with Gasteiger partial charge in [-0.05, 0) is 13.3 Å². The van der Waals surface area contributed by atoms with Crippen LogP contribution in [0, 0.1) is 0 Å². The van der Waals surface area contributed by atoms with Gasteiger partial charge >= 0.3 is 18.1 Å². The van der Waals surface area contributed by atoms with Gasteiger partial charge in [-0.2, -0.15) is 0 Å². The third-order valence-corrected chi connectivity index (χ3v) is 2.24. The number of aliphatic carboxylic acids is 1. The number of amides is 3. The van der Waals surface area contributed by atoms with Crippen molar-refractivity contribution in [3.8, 4) is 0 Å². The quantitative estimate of drug-likeness (QED) is 0.480. The Morgan fingerprint density at radius 1 is 1.39 bits per heavy atom. The monoisotopic (exact) mass is 261 g/mol. The van der Waals surface area contributed by atoms with Gasteiger partial charge in [0.15, 0.2) is 0 Å². The number of hydrogen-bond acceptors (Lipinski definition) is 4. The summed E-state index contributed by atoms with van der Waals surface area (Å²) in [6.45, 7) is 3.23. The predicted molar refractivity (Wildman–Crippen MR) is 63.0 cm³/mol. The molecule has 8 nitrogen and oxygen atoms in total. The zero-order chi connectivity index (χ0) is 14.2. The van der Waals surface area contributed by atoms with E-state index in [1.807, 2.05) is 6.92 Å². The van der Waals surface area contributed by atoms with Gasteiger partial charge in [0.1, 0.15) is 12.1 Å². The van der Waals surface area contributed by atoms with Crippen molar-refractivity contribution in [2.75, 3.05) is 13.2 Å². The molecule has 1 atom stereocenters. The van der Waals surface area contributed by atoms with Crippen molar-refractivity contribution in [2.45, 2.75) is 32.2 Å². The van der Waals surface area contributed by atoms with E-state index in [2.05, 4.69) is 15.4 Å². The highest BCUT2D eigenvalue weighted by molar-refractivity contribution is 5.85. The molecule has 0 heterocycles. The van der Waals surface area contributed by atoms with Crippen LogP contribution in [0.2, 0.25) is 0 Å². The van der Waals surface area contributed by atoms with E-state index >= 15 is 0 Å². The fourth-order valence-electron chi connectivity index (χ4n) is 1.33. The van der Waals surface area contributed by atoms with Crippen LogP contribution < -0.4 is 16.4 Å². The van der Waals surface area contributed by atoms with E-state index in [-0.39, 0.29) is 13.2 Å². The molecule has 0 rings (SSSR count). The van der Waals surface area contributed by atoms with Crippen LogP contribution in [0.5, 0.6) is 0 Å². The molecular formula is C10H19N3O5. The molecule has 0 saturated carbocycles. The van der Waals surface area contributed by atoms with E-state index in [9.17, 15) is 14.4 Å². The van der Waals surface area contributed by atoms with Crippen molar-refractivity contribution in [1.29, 1.82) is 0 Å². The second-order valence-electron chi connectivity index (χ2n) is 3.94. The first-order valence-electron chi connectivity index (χ1n) is 5.53. The number of rotatable bonds is 7. The highest BCUT2D eigenvalue weighted by atomic mass is 16.5. The molecule has 5 N–H and O–H groups in total. The first-order valence-corrected chi connectivity index (χ1v) is 5.53. The molecule has 0 radical (unpaired) electrons. The lowest BCUT2D eigenvalue weighted by molar-refractivity contribution is -0.144. The van der Waals surface area contributed by atoms with E-state index in [0.29, 0.717) is 12.8 Å². The van der Waals surface area contributed by atoms with Gasteiger partial charge in [-0.1, -0.05) is 13.3 Å². The van der Waals surface area contributed by atoms with E-state index in [1.54, 1.807) is 0 Å². The van der Waals surface area contributed by atoms with Crippen molar-refractivity contribution in [3.05, 3.63) is 0 Å². The summed E-state index contributed by atoms with van der Waals surface area (Å²) >= 11 is 0. The van der Waals surface area contributed by atoms with Crippen LogP contribution >= 0.6 is 0 Å². The van der Waals surface area contributed by atoms with Crippen molar-refractivity contribution in [3.63, 3.8) is 0 Å². The maximum atomic E-state index is 11.4. The van der Waals surface area contributed by atoms with Crippen molar-refractivity contribution < 1.29 is 24.2 Å². The van der Waals surface area contributed by atoms with E-state index in [1.165, 1.54) is 6.92 Å². The molecule has 0 aliphatic heterocycles. The molecule has 1 unspecified atom stereocenters. The lowest BCUT2D eigenvalue weighted by Gasteiger charge is -2.25. The number of carboxylic acid groups (broad SMARTS) is 1. The summed E-state index contributed by atoms with van der Waals surface area (Å²) in [4.78, 5) is 32.7. The van der Waals surface area contributed by atoms with Crippen LogP contribution in [-0.4, -0.2) is 41.9 Å². The summed E-state index contributed by atoms with van der Waals surface area (Å²) in [5.41, 5.74) is 3.41. The highest BCUT2D eigenvalue weighted by Crippen LogP contribution is 2.12. The summed E-state index contributed by atoms with van der Waals surface area (Å²) < 4.78 is 4.40. The molecule has 0 spiro atoms. The largest absolute Gasteiger partial charge is 0.480 e. The van der Waals surface area contributed by atoms with E-state index in [4.69, 9.17) is 10.8 Å². The lowest BCUT2D eigenvalue weighted by atomic mass is 9.97. The first-order chi connectivity index (χ1) is 8.31. The van der Waals surface area contributed by atoms with Gasteiger partial charge in [0.05, 0.1) is 6.54 Å². The molecule has 0 aromatic rings. The Bertz CT molecular complexity index is 321. The molecule has 0 saturated heterocycles. The number of nitrogens with two attached hydrogens (primary N) is 1. The SMILES string of the molecule is CCCC(C)(NC(=O)NCCOC(N)=O)C(=O)O. The molecule has 0 aromatic heterocycles. The normalized spacial score (nSPS) is 13.2. The fourth-order valence-corrected chi connectivity index (χ4v) is 1.33. The van der Waals surface area contributed by atoms with Crippen LogP contribution in [0.3, 0.4) is 0 Å². The Kier molecular flexibility index (Phi) is 6.54. The van der Waals surface area contributed by atoms with E-state index < -0.39 is 23.6 Å². The highest BCUT2D eigenvalue weighted by Gasteiger charge is 2.33. The summed E-state index contributed by atoms with van der Waals surface area (Å²) in [6, 6.07) is -0.638. The number of nitrogens with one attached hydrogen (secondary N) is 2. The second-order valence-corrected chi connectivity index (χ2v) is 3.94. The van der Waals surface area contributed by atoms with Gasteiger partial charge in [-0.15, -0.1) is 0 Å². The molecule has 8 heteroatoms. The number of primary amides is 1. The van der Waals surface area contributed by atoms with Gasteiger partial charge in [-0.25, -0.2) is 14.4 Å². The van der Waals surface area contributed by atoms with Crippen molar-refractivity contribution in [1.82, 2.24) is 10.6 Å². The number of ether oxygens (including phenoxy) is 1. The summed E-state index contributed by atoms with van der Waals surface area (Å²) in [5, 5.41) is 13.7. The minimum absolute atomic E-state index is 0.0522. The molecule has 0 fully saturated rings. The molecule has 104 valence electrons. The Morgan fingerprint density at radius 2 is 2.00 bits per heavy atom. The Balaban J connectivity index is 4.11. The number of hydrogen-bond donors (Lipinski definition) is 4. The minimum Gasteiger partial charge on any atom is -0.480 e. The van der Waals surface area contributed by atoms with Crippen LogP contribution in [-0.2, 0) is 9.53 Å². The lowest BCUT2D eigenvalue weighted by Crippen LogP contribution is -2.55. The maximum absolute atomic E-state index is 11.4. The average molecular weight is 261 g/mol. The van der Waals surface area contributed by atoms with E-state index in [0.717, 1.165) is 0 Å². The summed E-state index contributed by atoms with van der Waals surface area (Å²) in [5.74, 6) is -1.10. The van der Waals surface area contributed by atoms with Crippen molar-refractivity contribution in [2.24, 2.45) is 5.73 Å². The number of carbonyl (C=O) groups is 3. The Morgan fingerprint density at radius 3 is 2.44 bits per heavy atom. The Hall–Kier alpha value is -1.99. The standard InChI is InChI=1S/C10H19N3O5/c1-3-4-10(2,7(14)15)13-9(17)12-5-6-18-8(11)16/h3-6H2,1-2H3,(H2,11,16)(H,14,15)(H2,12,13,17). The van der Waals surface area contributed by atoms with Crippen LogP contribution in [0.1, 0.15) is 26.7 Å². The van der Waals surface area contributed by atoms with Crippen LogP contribution in [0.15, 0.2) is 0 Å². The molecule has 0 bridgehead atoms. The van der Waals surface area contributed by atoms with Gasteiger partial charge < -0.3 is 26.2 Å². The number of urea groups is 1. The van der Waals surface area contributed by atoms with Crippen LogP contribution in [0.25, 0.3) is 0 Å². The van der Waals surface area contributed by atoms with Gasteiger partial charge in [0.2, 0.25) is 0 Å². The maximum Gasteiger partial charge on any atom is 0.404 e. The third-order valence-electron chi connectivity index (χ3n) is 2.24.